The highest BCUT2D eigenvalue weighted by Gasteiger charge is 2.35. The van der Waals surface area contributed by atoms with Crippen molar-refractivity contribution in [1.29, 1.82) is 0 Å². The number of unbranched alkanes of at least 4 members (excludes halogenated alkanes) is 1. The summed E-state index contributed by atoms with van der Waals surface area (Å²) >= 11 is 7.07. The summed E-state index contributed by atoms with van der Waals surface area (Å²) in [6.45, 7) is 5.22. The zero-order valence-electron chi connectivity index (χ0n) is 30.1. The highest BCUT2D eigenvalue weighted by Crippen LogP contribution is 2.31. The molecule has 5 amide bonds. The van der Waals surface area contributed by atoms with Crippen LogP contribution in [0.1, 0.15) is 42.4 Å². The van der Waals surface area contributed by atoms with E-state index in [2.05, 4.69) is 90.7 Å². The van der Waals surface area contributed by atoms with Crippen LogP contribution in [0.15, 0.2) is 69.6 Å². The van der Waals surface area contributed by atoms with Gasteiger partial charge in [0.15, 0.2) is 0 Å². The van der Waals surface area contributed by atoms with E-state index < -0.39 is 6.04 Å². The van der Waals surface area contributed by atoms with E-state index in [0.29, 0.717) is 57.7 Å². The maximum Gasteiger partial charge on any atom is 0.322 e. The molecule has 0 unspecified atom stereocenters. The Balaban J connectivity index is 1.06. The van der Waals surface area contributed by atoms with Crippen molar-refractivity contribution in [1.82, 2.24) is 24.9 Å². The van der Waals surface area contributed by atoms with Crippen molar-refractivity contribution in [2.75, 3.05) is 75.9 Å². The number of carbonyl (C=O) groups excluding carboxylic acids is 3. The van der Waals surface area contributed by atoms with Crippen LogP contribution in [-0.4, -0.2) is 110 Å². The van der Waals surface area contributed by atoms with Gasteiger partial charge in [-0.3, -0.25) is 4.79 Å². The van der Waals surface area contributed by atoms with Gasteiger partial charge in [-0.15, -0.1) is 0 Å². The fraction of sp³-hybridized carbons (Fsp3) is 0.462. The predicted molar refractivity (Wildman–Crippen MR) is 215 cm³/mol. The molecule has 3 aliphatic heterocycles. The molecule has 3 aromatic carbocycles. The fourth-order valence-electron chi connectivity index (χ4n) is 7.36. The number of para-hydroxylation sites is 1. The molecule has 13 heteroatoms. The van der Waals surface area contributed by atoms with Crippen LogP contribution in [0.2, 0.25) is 0 Å². The van der Waals surface area contributed by atoms with E-state index in [0.717, 1.165) is 51.8 Å². The molecule has 278 valence electrons. The maximum absolute atomic E-state index is 14.2. The first-order chi connectivity index (χ1) is 25.0. The van der Waals surface area contributed by atoms with E-state index in [4.69, 9.17) is 5.73 Å². The number of likely N-dealkylation sites (tertiary alicyclic amines) is 1. The van der Waals surface area contributed by atoms with Gasteiger partial charge in [-0.05, 0) is 132 Å². The Morgan fingerprint density at radius 2 is 1.58 bits per heavy atom. The lowest BCUT2D eigenvalue weighted by molar-refractivity contribution is -0.133. The van der Waals surface area contributed by atoms with Crippen molar-refractivity contribution in [2.45, 2.75) is 57.2 Å². The molecule has 11 nitrogen and oxygen atoms in total. The van der Waals surface area contributed by atoms with Crippen LogP contribution in [0.4, 0.5) is 26.7 Å². The van der Waals surface area contributed by atoms with Gasteiger partial charge < -0.3 is 40.9 Å². The van der Waals surface area contributed by atoms with Gasteiger partial charge in [0.1, 0.15) is 6.04 Å². The number of nitrogens with one attached hydrogen (secondary N) is 2. The summed E-state index contributed by atoms with van der Waals surface area (Å²) in [7, 11) is 4.22. The van der Waals surface area contributed by atoms with E-state index in [1.165, 1.54) is 24.1 Å². The first-order valence-electron chi connectivity index (χ1n) is 18.3. The smallest absolute Gasteiger partial charge is 0.322 e. The van der Waals surface area contributed by atoms with Gasteiger partial charge in [-0.25, -0.2) is 9.59 Å². The number of hydrogen-bond donors (Lipinski definition) is 3. The lowest BCUT2D eigenvalue weighted by Crippen LogP contribution is -2.58. The Morgan fingerprint density at radius 3 is 2.25 bits per heavy atom. The Kier molecular flexibility index (Phi) is 12.7. The topological polar surface area (TPSA) is 117 Å². The Hall–Kier alpha value is -3.81. The van der Waals surface area contributed by atoms with Gasteiger partial charge in [-0.2, -0.15) is 0 Å². The van der Waals surface area contributed by atoms with Crippen LogP contribution in [0.5, 0.6) is 0 Å². The number of amides is 5. The molecule has 4 N–H and O–H groups in total. The van der Waals surface area contributed by atoms with Crippen molar-refractivity contribution in [3.8, 4) is 0 Å². The predicted octanol–water partition coefficient (Wildman–Crippen LogP) is 6.16. The van der Waals surface area contributed by atoms with E-state index >= 15 is 0 Å². The molecular formula is C39H50Br2N8O3. The minimum atomic E-state index is -0.754. The molecule has 0 radical (unpaired) electrons. The number of anilines is 3. The minimum absolute atomic E-state index is 0.0277. The number of fused-ring (bicyclic) bond motifs is 1. The van der Waals surface area contributed by atoms with Gasteiger partial charge in [0, 0.05) is 78.6 Å². The summed E-state index contributed by atoms with van der Waals surface area (Å²) < 4.78 is 1.46. The molecule has 1 atom stereocenters. The van der Waals surface area contributed by atoms with Crippen molar-refractivity contribution < 1.29 is 14.4 Å². The van der Waals surface area contributed by atoms with E-state index in [1.54, 1.807) is 4.90 Å². The normalized spacial score (nSPS) is 17.2. The summed E-state index contributed by atoms with van der Waals surface area (Å²) in [6.07, 6.45) is 5.09. The maximum atomic E-state index is 14.2. The Morgan fingerprint density at radius 1 is 0.904 bits per heavy atom. The molecule has 3 heterocycles. The third-order valence-corrected chi connectivity index (χ3v) is 11.8. The number of aryl methyl sites for hydroxylation is 1. The van der Waals surface area contributed by atoms with Gasteiger partial charge >= 0.3 is 12.1 Å². The van der Waals surface area contributed by atoms with Crippen LogP contribution in [-0.2, 0) is 24.2 Å². The number of carbonyl (C=O) groups is 3. The van der Waals surface area contributed by atoms with Gasteiger partial charge in [-0.1, -0.05) is 30.3 Å². The Labute approximate surface area is 324 Å². The summed E-state index contributed by atoms with van der Waals surface area (Å²) in [5.74, 6) is -0.0938. The van der Waals surface area contributed by atoms with Crippen molar-refractivity contribution >= 4 is 66.9 Å². The van der Waals surface area contributed by atoms with Crippen molar-refractivity contribution in [2.24, 2.45) is 0 Å². The van der Waals surface area contributed by atoms with Gasteiger partial charge in [0.05, 0.1) is 5.69 Å². The highest BCUT2D eigenvalue weighted by atomic mass is 79.9. The summed E-state index contributed by atoms with van der Waals surface area (Å²) in [4.78, 5) is 50.9. The monoisotopic (exact) mass is 836 g/mol. The molecule has 0 aromatic heterocycles. The van der Waals surface area contributed by atoms with Crippen LogP contribution in [0.25, 0.3) is 0 Å². The van der Waals surface area contributed by atoms with Crippen LogP contribution in [0.3, 0.4) is 0 Å². The first kappa shape index (κ1) is 37.9. The average Bonchev–Trinajstić information content (AvgIpc) is 3.15. The molecule has 2 saturated heterocycles. The largest absolute Gasteiger partial charge is 0.397 e. The number of nitrogen functional groups attached to an aromatic ring is 1. The fourth-order valence-corrected chi connectivity index (χ4v) is 8.65. The zero-order valence-corrected chi connectivity index (χ0v) is 33.3. The summed E-state index contributed by atoms with van der Waals surface area (Å²) in [6, 6.07) is 19.4. The average molecular weight is 839 g/mol. The number of piperidine rings is 1. The number of nitrogens with zero attached hydrogens (tertiary/aromatic N) is 5. The lowest BCUT2D eigenvalue weighted by atomic mass is 10.0. The number of hydrogen-bond acceptors (Lipinski definition) is 6. The number of urea groups is 2. The molecule has 6 rings (SSSR count). The molecule has 0 saturated carbocycles. The molecule has 2 fully saturated rings. The highest BCUT2D eigenvalue weighted by molar-refractivity contribution is 9.11. The molecule has 3 aromatic rings. The number of rotatable bonds is 11. The number of nitrogens with two attached hydrogens (primary N) is 1. The molecule has 0 bridgehead atoms. The molecular weight excluding hydrogens is 788 g/mol. The van der Waals surface area contributed by atoms with Crippen LogP contribution >= 0.6 is 31.9 Å². The van der Waals surface area contributed by atoms with E-state index in [-0.39, 0.29) is 24.0 Å². The van der Waals surface area contributed by atoms with Crippen molar-refractivity contribution in [3.05, 3.63) is 86.3 Å². The Bertz CT molecular complexity index is 1700. The second-order valence-corrected chi connectivity index (χ2v) is 16.1. The third kappa shape index (κ3) is 9.40. The van der Waals surface area contributed by atoms with Crippen molar-refractivity contribution in [3.63, 3.8) is 0 Å². The van der Waals surface area contributed by atoms with E-state index in [9.17, 15) is 14.4 Å². The van der Waals surface area contributed by atoms with Gasteiger partial charge in [0.2, 0.25) is 5.91 Å². The zero-order chi connectivity index (χ0) is 36.8. The number of piperazine rings is 1. The summed E-state index contributed by atoms with van der Waals surface area (Å²) in [5, 5.41) is 6.11. The van der Waals surface area contributed by atoms with Crippen LogP contribution < -0.4 is 21.3 Å². The molecule has 0 spiro atoms. The summed E-state index contributed by atoms with van der Waals surface area (Å²) in [5.41, 5.74) is 12.1. The second-order valence-electron chi connectivity index (χ2n) is 14.4. The first-order valence-corrected chi connectivity index (χ1v) is 19.9. The molecule has 0 aliphatic carbocycles. The van der Waals surface area contributed by atoms with Gasteiger partial charge in [0.25, 0.3) is 0 Å². The SMILES string of the molecule is CN(C)CCCCc1ccc(N2CCN(C(=O)[C@@H](Cc3cc(Br)c(N)c(Br)c3)NC(=O)N3CCC(N4Cc5ccccc5NC4=O)CC3)CC2)cc1. The molecule has 3 aliphatic rings. The van der Waals surface area contributed by atoms with Crippen LogP contribution in [0, 0.1) is 0 Å². The quantitative estimate of drug-likeness (QED) is 0.158. The minimum Gasteiger partial charge on any atom is -0.397 e. The lowest BCUT2D eigenvalue weighted by Gasteiger charge is -2.41. The standard InChI is InChI=1S/C39H50Br2N8O3/c1-45(2)16-6-5-7-27-10-12-30(13-11-27)46-19-21-47(22-20-46)37(50)35(25-28-23-32(40)36(42)33(41)24-28)44-38(51)48-17-14-31(15-18-48)49-26-29-8-3-4-9-34(29)43-39(49)52/h3-4,8-13,23-24,31,35H,5-7,14-22,25-26,42H2,1-2H3,(H,43,52)(H,44,51)/t35-/m1/s1. The van der Waals surface area contributed by atoms with E-state index in [1.807, 2.05) is 46.2 Å². The molecule has 52 heavy (non-hydrogen) atoms. The second kappa shape index (κ2) is 17.3. The number of halogens is 2. The third-order valence-electron chi connectivity index (χ3n) is 10.4. The number of benzene rings is 3.